The summed E-state index contributed by atoms with van der Waals surface area (Å²) in [6.07, 6.45) is 6.83. The molecule has 0 unspecified atom stereocenters. The van der Waals surface area contributed by atoms with Crippen molar-refractivity contribution in [3.63, 3.8) is 0 Å². The zero-order valence-electron chi connectivity index (χ0n) is 15.7. The Morgan fingerprint density at radius 2 is 1.62 bits per heavy atom. The standard InChI is InChI=1S/C21H30N2O3/c1-26-19-11-5-16(6-12-19)15-22-20(24)17-7-9-18(10-8-17)21(25)23-13-3-2-4-14-23/h5-6,11-12,17-18H,2-4,7-10,13-15H2,1H3,(H,22,24). The van der Waals surface area contributed by atoms with E-state index >= 15 is 0 Å². The molecule has 3 rings (SSSR count). The Labute approximate surface area is 156 Å². The van der Waals surface area contributed by atoms with E-state index in [1.165, 1.54) is 6.42 Å². The summed E-state index contributed by atoms with van der Waals surface area (Å²) in [5.74, 6) is 1.42. The maximum atomic E-state index is 12.6. The monoisotopic (exact) mass is 358 g/mol. The van der Waals surface area contributed by atoms with E-state index < -0.39 is 0 Å². The molecule has 0 spiro atoms. The summed E-state index contributed by atoms with van der Waals surface area (Å²) in [5.41, 5.74) is 1.06. The molecule has 1 aromatic carbocycles. The average Bonchev–Trinajstić information content (AvgIpc) is 2.72. The van der Waals surface area contributed by atoms with Gasteiger partial charge in [0.15, 0.2) is 0 Å². The van der Waals surface area contributed by atoms with Gasteiger partial charge in [-0.1, -0.05) is 12.1 Å². The molecule has 1 aromatic rings. The molecule has 2 fully saturated rings. The van der Waals surface area contributed by atoms with Crippen LogP contribution in [0, 0.1) is 11.8 Å². The Kier molecular flexibility index (Phi) is 6.53. The van der Waals surface area contributed by atoms with Gasteiger partial charge >= 0.3 is 0 Å². The number of nitrogens with zero attached hydrogens (tertiary/aromatic N) is 1. The third kappa shape index (κ3) is 4.77. The van der Waals surface area contributed by atoms with Gasteiger partial charge in [-0.15, -0.1) is 0 Å². The fourth-order valence-electron chi connectivity index (χ4n) is 4.05. The zero-order valence-corrected chi connectivity index (χ0v) is 15.7. The first-order valence-corrected chi connectivity index (χ1v) is 9.87. The van der Waals surface area contributed by atoms with Crippen LogP contribution >= 0.6 is 0 Å². The van der Waals surface area contributed by atoms with Crippen LogP contribution in [0.4, 0.5) is 0 Å². The van der Waals surface area contributed by atoms with Crippen molar-refractivity contribution in [1.82, 2.24) is 10.2 Å². The van der Waals surface area contributed by atoms with Crippen LogP contribution in [0.3, 0.4) is 0 Å². The second-order valence-corrected chi connectivity index (χ2v) is 7.50. The highest BCUT2D eigenvalue weighted by Crippen LogP contribution is 2.31. The minimum absolute atomic E-state index is 0.0404. The molecule has 1 heterocycles. The van der Waals surface area contributed by atoms with Gasteiger partial charge in [-0.05, 0) is 62.6 Å². The summed E-state index contributed by atoms with van der Waals surface area (Å²) in [6.45, 7) is 2.37. The van der Waals surface area contributed by atoms with Crippen LogP contribution in [0.2, 0.25) is 0 Å². The van der Waals surface area contributed by atoms with Crippen LogP contribution < -0.4 is 10.1 Å². The van der Waals surface area contributed by atoms with Gasteiger partial charge in [-0.3, -0.25) is 9.59 Å². The van der Waals surface area contributed by atoms with Crippen molar-refractivity contribution in [3.8, 4) is 5.75 Å². The molecule has 142 valence electrons. The minimum Gasteiger partial charge on any atom is -0.497 e. The largest absolute Gasteiger partial charge is 0.497 e. The highest BCUT2D eigenvalue weighted by molar-refractivity contribution is 5.81. The molecule has 1 saturated carbocycles. The van der Waals surface area contributed by atoms with Gasteiger partial charge in [0.05, 0.1) is 7.11 Å². The first-order chi connectivity index (χ1) is 12.7. The molecule has 26 heavy (non-hydrogen) atoms. The Morgan fingerprint density at radius 1 is 1.00 bits per heavy atom. The number of hydrogen-bond donors (Lipinski definition) is 1. The number of benzene rings is 1. The number of amides is 2. The third-order valence-electron chi connectivity index (χ3n) is 5.74. The van der Waals surface area contributed by atoms with Crippen molar-refractivity contribution in [2.24, 2.45) is 11.8 Å². The van der Waals surface area contributed by atoms with Gasteiger partial charge in [-0.25, -0.2) is 0 Å². The van der Waals surface area contributed by atoms with E-state index in [1.54, 1.807) is 7.11 Å². The second-order valence-electron chi connectivity index (χ2n) is 7.50. The van der Waals surface area contributed by atoms with E-state index in [9.17, 15) is 9.59 Å². The van der Waals surface area contributed by atoms with Crippen molar-refractivity contribution in [3.05, 3.63) is 29.8 Å². The molecular weight excluding hydrogens is 328 g/mol. The molecule has 0 radical (unpaired) electrons. The van der Waals surface area contributed by atoms with Crippen LogP contribution in [0.1, 0.15) is 50.5 Å². The van der Waals surface area contributed by atoms with Crippen LogP contribution in [0.25, 0.3) is 0 Å². The van der Waals surface area contributed by atoms with E-state index in [0.29, 0.717) is 12.5 Å². The van der Waals surface area contributed by atoms with Crippen LogP contribution in [-0.4, -0.2) is 36.9 Å². The van der Waals surface area contributed by atoms with Crippen molar-refractivity contribution in [1.29, 1.82) is 0 Å². The number of piperidine rings is 1. The smallest absolute Gasteiger partial charge is 0.225 e. The quantitative estimate of drug-likeness (QED) is 0.880. The lowest BCUT2D eigenvalue weighted by Gasteiger charge is -2.33. The van der Waals surface area contributed by atoms with Gasteiger partial charge in [0.2, 0.25) is 11.8 Å². The second kappa shape index (κ2) is 9.06. The van der Waals surface area contributed by atoms with Crippen molar-refractivity contribution < 1.29 is 14.3 Å². The molecule has 1 saturated heterocycles. The zero-order chi connectivity index (χ0) is 18.4. The van der Waals surface area contributed by atoms with E-state index in [0.717, 1.165) is 62.9 Å². The Morgan fingerprint density at radius 3 is 2.23 bits per heavy atom. The van der Waals surface area contributed by atoms with Gasteiger partial charge in [0.25, 0.3) is 0 Å². The minimum atomic E-state index is 0.0404. The lowest BCUT2D eigenvalue weighted by Crippen LogP contribution is -2.42. The fraction of sp³-hybridized carbons (Fsp3) is 0.619. The van der Waals surface area contributed by atoms with E-state index in [1.807, 2.05) is 29.2 Å². The van der Waals surface area contributed by atoms with E-state index in [2.05, 4.69) is 5.32 Å². The SMILES string of the molecule is COc1ccc(CNC(=O)C2CCC(C(=O)N3CCCCC3)CC2)cc1. The topological polar surface area (TPSA) is 58.6 Å². The average molecular weight is 358 g/mol. The van der Waals surface area contributed by atoms with Crippen molar-refractivity contribution in [2.45, 2.75) is 51.5 Å². The van der Waals surface area contributed by atoms with E-state index in [-0.39, 0.29) is 17.7 Å². The highest BCUT2D eigenvalue weighted by atomic mass is 16.5. The van der Waals surface area contributed by atoms with Crippen molar-refractivity contribution >= 4 is 11.8 Å². The molecule has 2 amide bonds. The number of rotatable bonds is 5. The Hall–Kier alpha value is -2.04. The normalized spacial score (nSPS) is 23.3. The predicted molar refractivity (Wildman–Crippen MR) is 101 cm³/mol. The summed E-state index contributed by atoms with van der Waals surface area (Å²) in [4.78, 5) is 27.1. The lowest BCUT2D eigenvalue weighted by molar-refractivity contribution is -0.139. The molecule has 1 N–H and O–H groups in total. The van der Waals surface area contributed by atoms with Crippen LogP contribution in [-0.2, 0) is 16.1 Å². The number of carbonyl (C=O) groups is 2. The van der Waals surface area contributed by atoms with Gasteiger partial charge in [0.1, 0.15) is 5.75 Å². The number of likely N-dealkylation sites (tertiary alicyclic amines) is 1. The molecular formula is C21H30N2O3. The number of nitrogens with one attached hydrogen (secondary N) is 1. The molecule has 5 nitrogen and oxygen atoms in total. The van der Waals surface area contributed by atoms with Crippen molar-refractivity contribution in [2.75, 3.05) is 20.2 Å². The molecule has 0 bridgehead atoms. The number of methoxy groups -OCH3 is 1. The summed E-state index contributed by atoms with van der Waals surface area (Å²) >= 11 is 0. The number of hydrogen-bond acceptors (Lipinski definition) is 3. The summed E-state index contributed by atoms with van der Waals surface area (Å²) < 4.78 is 5.14. The summed E-state index contributed by atoms with van der Waals surface area (Å²) in [7, 11) is 1.64. The molecule has 2 aliphatic rings. The summed E-state index contributed by atoms with van der Waals surface area (Å²) in [5, 5.41) is 3.04. The highest BCUT2D eigenvalue weighted by Gasteiger charge is 2.32. The first kappa shape index (κ1) is 18.7. The van der Waals surface area contributed by atoms with Gasteiger partial charge in [0, 0.05) is 31.5 Å². The molecule has 1 aliphatic carbocycles. The maximum Gasteiger partial charge on any atom is 0.225 e. The molecule has 5 heteroatoms. The van der Waals surface area contributed by atoms with E-state index in [4.69, 9.17) is 4.74 Å². The molecule has 1 aliphatic heterocycles. The fourth-order valence-corrected chi connectivity index (χ4v) is 4.05. The maximum absolute atomic E-state index is 12.6. The third-order valence-corrected chi connectivity index (χ3v) is 5.74. The number of carbonyl (C=O) groups excluding carboxylic acids is 2. The number of ether oxygens (including phenoxy) is 1. The molecule has 0 aromatic heterocycles. The lowest BCUT2D eigenvalue weighted by atomic mass is 9.80. The van der Waals surface area contributed by atoms with Gasteiger partial charge < -0.3 is 15.0 Å². The predicted octanol–water partition coefficient (Wildman–Crippen LogP) is 3.13. The van der Waals surface area contributed by atoms with Crippen LogP contribution in [0.5, 0.6) is 5.75 Å². The van der Waals surface area contributed by atoms with Crippen LogP contribution in [0.15, 0.2) is 24.3 Å². The first-order valence-electron chi connectivity index (χ1n) is 9.87. The Balaban J connectivity index is 1.42. The summed E-state index contributed by atoms with van der Waals surface area (Å²) in [6, 6.07) is 7.73. The van der Waals surface area contributed by atoms with Gasteiger partial charge in [-0.2, -0.15) is 0 Å². The molecule has 0 atom stereocenters. The Bertz CT molecular complexity index is 600.